The first kappa shape index (κ1) is 58.2. The van der Waals surface area contributed by atoms with E-state index in [1.165, 1.54) is 50.9 Å². The molecule has 6 N–H and O–H groups in total. The number of carboxylic acids is 1. The first-order chi connectivity index (χ1) is 29.0. The summed E-state index contributed by atoms with van der Waals surface area (Å²) >= 11 is 4.95. The summed E-state index contributed by atoms with van der Waals surface area (Å²) in [6, 6.07) is 3.83. The van der Waals surface area contributed by atoms with Gasteiger partial charge >= 0.3 is 24.8 Å². The number of nitrogens with one attached hydrogen (secondary N) is 3. The van der Waals surface area contributed by atoms with Crippen LogP contribution in [0, 0.1) is 62.9 Å². The smallest absolute Gasteiger partial charge is 1.00 e. The summed E-state index contributed by atoms with van der Waals surface area (Å²) in [4.78, 5) is 33.3. The summed E-state index contributed by atoms with van der Waals surface area (Å²) in [5.41, 5.74) is 1.34. The first-order valence-electron chi connectivity index (χ1n) is 21.4. The van der Waals surface area contributed by atoms with Crippen molar-refractivity contribution in [3.63, 3.8) is 0 Å². The molecule has 0 bridgehead atoms. The van der Waals surface area contributed by atoms with Crippen LogP contribution in [0.15, 0.2) is 91.6 Å². The molecule has 2 heterocycles. The molecule has 6 aliphatic carbocycles. The average Bonchev–Trinajstić information content (AvgIpc) is 4.08. The van der Waals surface area contributed by atoms with Crippen LogP contribution in [0.25, 0.3) is 0 Å². The molecule has 8 rings (SSSR count). The molecule has 0 fully saturated rings. The normalized spacial score (nSPS) is 17.4. The largest absolute Gasteiger partial charge is 1.00 e. The van der Waals surface area contributed by atoms with Crippen molar-refractivity contribution in [1.82, 2.24) is 19.9 Å². The van der Waals surface area contributed by atoms with Crippen molar-refractivity contribution in [2.24, 2.45) is 35.5 Å². The van der Waals surface area contributed by atoms with E-state index in [9.17, 15) is 9.59 Å². The molecule has 3 radical (unpaired) electrons. The van der Waals surface area contributed by atoms with Crippen molar-refractivity contribution in [3.05, 3.63) is 108 Å². The molecule has 0 saturated heterocycles. The minimum atomic E-state index is -1.15. The van der Waals surface area contributed by atoms with Crippen LogP contribution in [-0.4, -0.2) is 77.1 Å². The monoisotopic (exact) mass is 876 g/mol. The minimum absolute atomic E-state index is 0. The summed E-state index contributed by atoms with van der Waals surface area (Å²) in [5.74, 6) is 2.61. The molecule has 0 saturated carbocycles. The van der Waals surface area contributed by atoms with Gasteiger partial charge in [0.05, 0.1) is 24.4 Å². The number of aldehydes is 1. The van der Waals surface area contributed by atoms with Crippen molar-refractivity contribution in [1.29, 1.82) is 10.5 Å². The number of nitrogens with zero attached hydrogens (tertiary/aromatic N) is 3. The van der Waals surface area contributed by atoms with Gasteiger partial charge in [-0.2, -0.15) is 10.5 Å². The molecule has 0 aliphatic heterocycles. The molecule has 331 valence electrons. The molecular weight excluding hydrogens is 807 g/mol. The van der Waals surface area contributed by atoms with Crippen LogP contribution in [-0.2, 0) is 22.4 Å². The third kappa shape index (κ3) is 28.8. The molecular formula is C48H69AlLiN6O5S. The SMILES string of the molecule is C1=CCC(Cc2cnc[nH]2)C1.CC(C)(O)C#N.N#CCC1CC=CC1.O=C(O)C1CC=CC1.O=CCC1CC=CC1.OCC1CC=CC1.S=c1[nH]cc(CC2CC=CC2)[nH]1.[Al].[H-].[Li+]. The Balaban J connectivity index is 0. The van der Waals surface area contributed by atoms with Crippen molar-refractivity contribution in [3.8, 4) is 12.1 Å². The van der Waals surface area contributed by atoms with Crippen molar-refractivity contribution < 1.29 is 45.2 Å². The van der Waals surface area contributed by atoms with Crippen LogP contribution in [0.2, 0.25) is 0 Å². The number of aromatic amines is 3. The Labute approximate surface area is 399 Å². The molecule has 2 aromatic rings. The average molecular weight is 876 g/mol. The van der Waals surface area contributed by atoms with Gasteiger partial charge < -0.3 is 36.5 Å². The second-order valence-electron chi connectivity index (χ2n) is 16.4. The van der Waals surface area contributed by atoms with E-state index >= 15 is 0 Å². The number of carbonyl (C=O) groups is 2. The van der Waals surface area contributed by atoms with E-state index < -0.39 is 11.6 Å². The van der Waals surface area contributed by atoms with Gasteiger partial charge in [-0.25, -0.2) is 4.98 Å². The van der Waals surface area contributed by atoms with Gasteiger partial charge in [0.2, 0.25) is 0 Å². The van der Waals surface area contributed by atoms with Crippen LogP contribution in [0.1, 0.15) is 117 Å². The fourth-order valence-corrected chi connectivity index (χ4v) is 6.98. The van der Waals surface area contributed by atoms with E-state index in [1.54, 1.807) is 12.4 Å². The van der Waals surface area contributed by atoms with Crippen LogP contribution in [0.3, 0.4) is 0 Å². The number of nitriles is 2. The van der Waals surface area contributed by atoms with Gasteiger partial charge in [-0.05, 0) is 146 Å². The summed E-state index contributed by atoms with van der Waals surface area (Å²) in [6.45, 7) is 3.23. The Kier molecular flexibility index (Phi) is 33.5. The zero-order chi connectivity index (χ0) is 43.9. The number of carbonyl (C=O) groups excluding carboxylic acids is 1. The van der Waals surface area contributed by atoms with Gasteiger partial charge in [0.1, 0.15) is 11.9 Å². The van der Waals surface area contributed by atoms with Crippen LogP contribution in [0.4, 0.5) is 0 Å². The van der Waals surface area contributed by atoms with Crippen LogP contribution >= 0.6 is 12.2 Å². The number of hydrogen-bond donors (Lipinski definition) is 6. The maximum absolute atomic E-state index is 10.2. The topological polar surface area (TPSA) is 203 Å². The van der Waals surface area contributed by atoms with Crippen molar-refractivity contribution >= 4 is 41.8 Å². The van der Waals surface area contributed by atoms with E-state index in [0.717, 1.165) is 99.9 Å². The summed E-state index contributed by atoms with van der Waals surface area (Å²) in [6.07, 6.45) is 49.1. The number of hydrogen-bond acceptors (Lipinski definition) is 8. The third-order valence-electron chi connectivity index (χ3n) is 10.4. The quantitative estimate of drug-likeness (QED) is 0.0509. The van der Waals surface area contributed by atoms with E-state index in [-0.39, 0.29) is 43.6 Å². The van der Waals surface area contributed by atoms with Crippen LogP contribution in [0.5, 0.6) is 0 Å². The predicted molar refractivity (Wildman–Crippen MR) is 248 cm³/mol. The summed E-state index contributed by atoms with van der Waals surface area (Å²) in [5, 5.41) is 41.5. The minimum Gasteiger partial charge on any atom is -1.00 e. The van der Waals surface area contributed by atoms with Crippen LogP contribution < -0.4 is 18.9 Å². The number of aliphatic hydroxyl groups is 2. The van der Waals surface area contributed by atoms with E-state index in [2.05, 4.69) is 86.8 Å². The Morgan fingerprint density at radius 2 is 1.19 bits per heavy atom. The Morgan fingerprint density at radius 3 is 1.52 bits per heavy atom. The van der Waals surface area contributed by atoms with Gasteiger partial charge in [0.15, 0.2) is 4.77 Å². The molecule has 2 aromatic heterocycles. The van der Waals surface area contributed by atoms with Gasteiger partial charge in [0.25, 0.3) is 0 Å². The maximum atomic E-state index is 10.2. The predicted octanol–water partition coefficient (Wildman–Crippen LogP) is 6.91. The maximum Gasteiger partial charge on any atom is 1.00 e. The summed E-state index contributed by atoms with van der Waals surface area (Å²) < 4.78 is 0.732. The summed E-state index contributed by atoms with van der Waals surface area (Å²) in [7, 11) is 0. The van der Waals surface area contributed by atoms with Gasteiger partial charge in [-0.1, -0.05) is 72.9 Å². The fourth-order valence-electron chi connectivity index (χ4n) is 6.79. The standard InChI is InChI=1S/C9H12N2S.C9H12N2.C7H9N.C7H10O.C6H8O2.C6H10O.C4H7NO.Al.Li.H/c12-9-10-6-8(11-9)5-7-3-1-2-4-7;1-2-4-8(3-1)5-9-6-10-7-11-9;2*8-6-5-7-3-1-2-4-7;7-6(8)5-3-1-2-4-5;7-5-6-3-1-2-4-6;1-4(2,6)3-5;;;/h1-2,6-7H,3-5H2,(H2,10,11,12);1-2,6-8H,3-5H2,(H,10,11);1-2,7H,3-5H2;1-2,6-7H,3-5H2;1-2,5H,3-4H2,(H,7,8);1-2,6-7H,3-5H2;6H,1-2H3;;;/q;;;;;;;;+1;-1. The molecule has 11 nitrogen and oxygen atoms in total. The van der Waals surface area contributed by atoms with Crippen molar-refractivity contribution in [2.45, 2.75) is 122 Å². The molecule has 14 heteroatoms. The van der Waals surface area contributed by atoms with E-state index in [4.69, 9.17) is 38.1 Å². The Bertz CT molecular complexity index is 1770. The van der Waals surface area contributed by atoms with Gasteiger partial charge in [0, 0.05) is 60.6 Å². The molecule has 0 atom stereocenters. The number of imidazole rings is 2. The zero-order valence-electron chi connectivity index (χ0n) is 38.2. The van der Waals surface area contributed by atoms with Gasteiger partial charge in [-0.15, -0.1) is 0 Å². The third-order valence-corrected chi connectivity index (χ3v) is 10.7. The second-order valence-corrected chi connectivity index (χ2v) is 16.8. The molecule has 0 spiro atoms. The Hall–Kier alpha value is -3.75. The molecule has 0 amide bonds. The van der Waals surface area contributed by atoms with E-state index in [0.29, 0.717) is 24.4 Å². The molecule has 62 heavy (non-hydrogen) atoms. The fraction of sp³-hybridized carbons (Fsp3) is 0.542. The number of rotatable bonds is 9. The number of aliphatic carboxylic acids is 1. The molecule has 6 aliphatic rings. The van der Waals surface area contributed by atoms with Crippen molar-refractivity contribution in [2.75, 3.05) is 6.61 Å². The molecule has 0 aromatic carbocycles. The number of aliphatic hydroxyl groups excluding tert-OH is 1. The molecule has 0 unspecified atom stereocenters. The van der Waals surface area contributed by atoms with E-state index in [1.807, 2.05) is 24.5 Å². The Morgan fingerprint density at radius 1 is 0.774 bits per heavy atom. The number of allylic oxidation sites excluding steroid dienone is 12. The van der Waals surface area contributed by atoms with Gasteiger partial charge in [-0.3, -0.25) is 4.79 Å². The number of aromatic nitrogens is 4. The number of carboxylic acid groups (broad SMARTS) is 1. The zero-order valence-corrected chi connectivity index (χ0v) is 39.2. The number of H-pyrrole nitrogens is 3. The second kappa shape index (κ2) is 35.7. The first-order valence-corrected chi connectivity index (χ1v) is 21.8.